The predicted octanol–water partition coefficient (Wildman–Crippen LogP) is 3.08. The Kier molecular flexibility index (Phi) is 4.65. The third-order valence-corrected chi connectivity index (χ3v) is 5.15. The van der Waals surface area contributed by atoms with Gasteiger partial charge in [-0.2, -0.15) is 0 Å². The van der Waals surface area contributed by atoms with E-state index in [9.17, 15) is 14.4 Å². The van der Waals surface area contributed by atoms with Crippen molar-refractivity contribution in [2.24, 2.45) is 5.41 Å². The lowest BCUT2D eigenvalue weighted by molar-refractivity contribution is -0.129. The Balaban J connectivity index is 1.42. The Morgan fingerprint density at radius 2 is 1.93 bits per heavy atom. The summed E-state index contributed by atoms with van der Waals surface area (Å²) in [6.45, 7) is 3.60. The zero-order chi connectivity index (χ0) is 20.6. The van der Waals surface area contributed by atoms with E-state index in [0.29, 0.717) is 35.4 Å². The van der Waals surface area contributed by atoms with Gasteiger partial charge in [0, 0.05) is 25.7 Å². The molecule has 2 N–H and O–H groups in total. The number of ether oxygens (including phenoxy) is 1. The van der Waals surface area contributed by atoms with Crippen LogP contribution in [0.1, 0.15) is 31.9 Å². The predicted molar refractivity (Wildman–Crippen MR) is 105 cm³/mol. The average Bonchev–Trinajstić information content (AvgIpc) is 3.37. The first-order valence-corrected chi connectivity index (χ1v) is 9.38. The molecular weight excluding hydrogens is 374 g/mol. The zero-order valence-electron chi connectivity index (χ0n) is 16.2. The Bertz CT molecular complexity index is 1000. The fraction of sp³-hybridized carbons (Fsp3) is 0.350. The molecule has 2 aliphatic rings. The number of pyridine rings is 2. The fourth-order valence-electron chi connectivity index (χ4n) is 3.38. The molecule has 1 aliphatic heterocycles. The summed E-state index contributed by atoms with van der Waals surface area (Å²) < 4.78 is 5.81. The summed E-state index contributed by atoms with van der Waals surface area (Å²) in [6, 6.07) is 6.11. The normalized spacial score (nSPS) is 16.6. The van der Waals surface area contributed by atoms with Crippen molar-refractivity contribution in [3.8, 4) is 11.5 Å². The second-order valence-electron chi connectivity index (χ2n) is 7.36. The van der Waals surface area contributed by atoms with Gasteiger partial charge >= 0.3 is 6.03 Å². The van der Waals surface area contributed by atoms with Gasteiger partial charge in [-0.1, -0.05) is 0 Å². The monoisotopic (exact) mass is 395 g/mol. The van der Waals surface area contributed by atoms with Crippen LogP contribution in [0.4, 0.5) is 16.4 Å². The zero-order valence-corrected chi connectivity index (χ0v) is 16.2. The van der Waals surface area contributed by atoms with Crippen LogP contribution < -0.4 is 15.4 Å². The molecule has 1 saturated heterocycles. The number of imide groups is 1. The molecule has 0 bridgehead atoms. The molecule has 1 aliphatic carbocycles. The van der Waals surface area contributed by atoms with Crippen molar-refractivity contribution in [1.29, 1.82) is 0 Å². The van der Waals surface area contributed by atoms with Gasteiger partial charge in [0.1, 0.15) is 23.1 Å². The molecule has 0 unspecified atom stereocenters. The highest BCUT2D eigenvalue weighted by atomic mass is 16.5. The molecule has 1 saturated carbocycles. The van der Waals surface area contributed by atoms with E-state index in [1.54, 1.807) is 31.2 Å². The summed E-state index contributed by atoms with van der Waals surface area (Å²) in [6.07, 6.45) is 4.01. The van der Waals surface area contributed by atoms with Gasteiger partial charge in [0.05, 0.1) is 11.1 Å². The van der Waals surface area contributed by atoms with Crippen molar-refractivity contribution >= 4 is 29.5 Å². The number of hydrogen-bond acceptors (Lipinski definition) is 6. The summed E-state index contributed by atoms with van der Waals surface area (Å²) in [4.78, 5) is 45.6. The summed E-state index contributed by atoms with van der Waals surface area (Å²) in [5, 5.41) is 5.28. The van der Waals surface area contributed by atoms with Gasteiger partial charge in [0.25, 0.3) is 0 Å². The molecule has 2 fully saturated rings. The van der Waals surface area contributed by atoms with Gasteiger partial charge in [0.2, 0.25) is 11.8 Å². The van der Waals surface area contributed by atoms with E-state index in [2.05, 4.69) is 20.6 Å². The van der Waals surface area contributed by atoms with E-state index in [1.807, 2.05) is 0 Å². The number of urea groups is 1. The van der Waals surface area contributed by atoms with Gasteiger partial charge in [-0.3, -0.25) is 19.8 Å². The topological polar surface area (TPSA) is 114 Å². The molecule has 150 valence electrons. The second kappa shape index (κ2) is 7.16. The van der Waals surface area contributed by atoms with Crippen molar-refractivity contribution in [3.05, 3.63) is 36.2 Å². The Morgan fingerprint density at radius 1 is 1.14 bits per heavy atom. The molecule has 2 aromatic rings. The first-order valence-electron chi connectivity index (χ1n) is 9.38. The molecule has 4 amide bonds. The molecule has 1 spiro atoms. The molecular formula is C20H21N5O4. The molecule has 0 radical (unpaired) electrons. The van der Waals surface area contributed by atoms with E-state index >= 15 is 0 Å². The van der Waals surface area contributed by atoms with Crippen LogP contribution in [0.5, 0.6) is 11.5 Å². The minimum atomic E-state index is -0.451. The highest BCUT2D eigenvalue weighted by Crippen LogP contribution is 2.53. The third kappa shape index (κ3) is 3.89. The number of aromatic nitrogens is 2. The number of aryl methyl sites for hydroxylation is 1. The molecule has 0 atom stereocenters. The van der Waals surface area contributed by atoms with Crippen LogP contribution in [0.2, 0.25) is 0 Å². The van der Waals surface area contributed by atoms with E-state index in [1.165, 1.54) is 18.0 Å². The van der Waals surface area contributed by atoms with Gasteiger partial charge < -0.3 is 10.1 Å². The Morgan fingerprint density at radius 3 is 2.59 bits per heavy atom. The summed E-state index contributed by atoms with van der Waals surface area (Å²) in [7, 11) is 0. The number of carbonyl (C=O) groups excluding carboxylic acids is 3. The van der Waals surface area contributed by atoms with E-state index in [0.717, 1.165) is 19.3 Å². The van der Waals surface area contributed by atoms with Crippen LogP contribution in [0.15, 0.2) is 30.5 Å². The molecule has 9 heteroatoms. The van der Waals surface area contributed by atoms with Crippen molar-refractivity contribution in [2.75, 3.05) is 17.2 Å². The maximum absolute atomic E-state index is 12.4. The summed E-state index contributed by atoms with van der Waals surface area (Å²) >= 11 is 0. The molecule has 4 rings (SSSR count). The van der Waals surface area contributed by atoms with Crippen LogP contribution in [0, 0.1) is 12.3 Å². The van der Waals surface area contributed by atoms with Gasteiger partial charge in [0.15, 0.2) is 0 Å². The van der Waals surface area contributed by atoms with Crippen LogP contribution in [0.3, 0.4) is 0 Å². The third-order valence-electron chi connectivity index (χ3n) is 5.15. The van der Waals surface area contributed by atoms with Gasteiger partial charge in [-0.25, -0.2) is 14.8 Å². The molecule has 9 nitrogen and oxygen atoms in total. The lowest BCUT2D eigenvalue weighted by atomic mass is 10.1. The van der Waals surface area contributed by atoms with Gasteiger partial charge in [-0.05, 0) is 44.4 Å². The molecule has 2 aromatic heterocycles. The quantitative estimate of drug-likeness (QED) is 0.822. The number of carbonyl (C=O) groups is 3. The maximum Gasteiger partial charge on any atom is 0.329 e. The summed E-state index contributed by atoms with van der Waals surface area (Å²) in [5.74, 6) is 1.40. The minimum Gasteiger partial charge on any atom is -0.455 e. The molecule has 3 heterocycles. The van der Waals surface area contributed by atoms with E-state index in [4.69, 9.17) is 4.74 Å². The number of anilines is 2. The van der Waals surface area contributed by atoms with E-state index in [-0.39, 0.29) is 17.2 Å². The number of hydrogen-bond donors (Lipinski definition) is 2. The van der Waals surface area contributed by atoms with Crippen LogP contribution in [-0.2, 0) is 9.59 Å². The lowest BCUT2D eigenvalue weighted by Gasteiger charge is -2.16. The number of nitrogens with one attached hydrogen (secondary N) is 2. The van der Waals surface area contributed by atoms with E-state index < -0.39 is 6.03 Å². The smallest absolute Gasteiger partial charge is 0.329 e. The van der Waals surface area contributed by atoms with Crippen LogP contribution in [0.25, 0.3) is 0 Å². The first kappa shape index (κ1) is 18.9. The Hall–Kier alpha value is -3.49. The number of rotatable bonds is 4. The largest absolute Gasteiger partial charge is 0.455 e. The highest BCUT2D eigenvalue weighted by Gasteiger charge is 2.56. The fourth-order valence-corrected chi connectivity index (χ4v) is 3.38. The molecule has 29 heavy (non-hydrogen) atoms. The van der Waals surface area contributed by atoms with Gasteiger partial charge in [-0.15, -0.1) is 0 Å². The SMILES string of the molecule is CC(=O)Nc1cc(Oc2ccc(NC(=O)N3CCC4(CC4)C3=O)nc2C)ccn1. The summed E-state index contributed by atoms with van der Waals surface area (Å²) in [5.41, 5.74) is 0.283. The lowest BCUT2D eigenvalue weighted by Crippen LogP contribution is -2.37. The number of amides is 4. The van der Waals surface area contributed by atoms with Crippen LogP contribution in [-0.4, -0.2) is 39.3 Å². The number of nitrogens with zero attached hydrogens (tertiary/aromatic N) is 3. The first-order chi connectivity index (χ1) is 13.9. The standard InChI is InChI=1S/C20H21N5O4/c1-12-15(29-14-5-9-21-17(11-14)23-13(2)26)3-4-16(22-12)24-19(28)25-10-8-20(6-7-20)18(25)27/h3-5,9,11H,6-8,10H2,1-2H3,(H,21,23,26)(H,22,24,28). The van der Waals surface area contributed by atoms with Crippen molar-refractivity contribution in [1.82, 2.24) is 14.9 Å². The number of likely N-dealkylation sites (tertiary alicyclic amines) is 1. The average molecular weight is 395 g/mol. The van der Waals surface area contributed by atoms with Crippen molar-refractivity contribution in [3.63, 3.8) is 0 Å². The van der Waals surface area contributed by atoms with Crippen LogP contribution >= 0.6 is 0 Å². The highest BCUT2D eigenvalue weighted by molar-refractivity contribution is 6.05. The minimum absolute atomic E-state index is 0.0839. The molecule has 0 aromatic carbocycles. The van der Waals surface area contributed by atoms with Crippen molar-refractivity contribution in [2.45, 2.75) is 33.1 Å². The Labute approximate surface area is 167 Å². The van der Waals surface area contributed by atoms with Crippen molar-refractivity contribution < 1.29 is 19.1 Å². The maximum atomic E-state index is 12.4. The second-order valence-corrected chi connectivity index (χ2v) is 7.36.